The van der Waals surface area contributed by atoms with Crippen LogP contribution in [0.5, 0.6) is 0 Å². The summed E-state index contributed by atoms with van der Waals surface area (Å²) < 4.78 is 0. The van der Waals surface area contributed by atoms with Crippen LogP contribution in [0.15, 0.2) is 24.3 Å². The first-order valence-corrected chi connectivity index (χ1v) is 8.31. The Hall–Kier alpha value is -1.06. The van der Waals surface area contributed by atoms with E-state index in [1.165, 1.54) is 12.8 Å². The van der Waals surface area contributed by atoms with Crippen LogP contribution in [0.3, 0.4) is 0 Å². The third-order valence-electron chi connectivity index (χ3n) is 4.63. The molecule has 4 heteroatoms. The van der Waals surface area contributed by atoms with Crippen molar-refractivity contribution in [3.63, 3.8) is 0 Å². The Morgan fingerprint density at radius 1 is 1.33 bits per heavy atom. The molecular formula is C17H23ClN2O. The van der Waals surface area contributed by atoms with Gasteiger partial charge in [-0.05, 0) is 43.4 Å². The van der Waals surface area contributed by atoms with E-state index >= 15 is 0 Å². The summed E-state index contributed by atoms with van der Waals surface area (Å²) in [5.41, 5.74) is 1.12. The Labute approximate surface area is 131 Å². The van der Waals surface area contributed by atoms with Gasteiger partial charge >= 0.3 is 0 Å². The minimum atomic E-state index is -0.0627. The van der Waals surface area contributed by atoms with Crippen molar-refractivity contribution < 1.29 is 4.79 Å². The summed E-state index contributed by atoms with van der Waals surface area (Å²) in [5, 5.41) is 4.21. The smallest absolute Gasteiger partial charge is 0.241 e. The standard InChI is InChI=1S/C17H23ClN2O/c1-3-15-17(21)20(11(2)10-12-4-5-12)16(19-15)13-6-8-14(18)9-7-13/h6-9,11-12,15-16,19H,3-5,10H2,1-2H3. The Bertz CT molecular complexity index is 512. The lowest BCUT2D eigenvalue weighted by atomic mass is 10.1. The minimum Gasteiger partial charge on any atom is -0.319 e. The fourth-order valence-electron chi connectivity index (χ4n) is 3.26. The zero-order valence-electron chi connectivity index (χ0n) is 12.7. The summed E-state index contributed by atoms with van der Waals surface area (Å²) in [5.74, 6) is 1.06. The summed E-state index contributed by atoms with van der Waals surface area (Å²) in [6.45, 7) is 4.24. The van der Waals surface area contributed by atoms with Crippen LogP contribution in [0, 0.1) is 5.92 Å². The minimum absolute atomic E-state index is 0.0199. The number of nitrogens with one attached hydrogen (secondary N) is 1. The molecule has 3 nitrogen and oxygen atoms in total. The number of hydrogen-bond acceptors (Lipinski definition) is 2. The number of halogens is 1. The summed E-state index contributed by atoms with van der Waals surface area (Å²) in [6.07, 6.45) is 4.57. The average molecular weight is 307 g/mol. The molecule has 0 spiro atoms. The summed E-state index contributed by atoms with van der Waals surface area (Å²) in [6, 6.07) is 8.05. The molecule has 2 fully saturated rings. The first-order chi connectivity index (χ1) is 10.1. The third-order valence-corrected chi connectivity index (χ3v) is 4.88. The summed E-state index contributed by atoms with van der Waals surface area (Å²) in [7, 11) is 0. The lowest BCUT2D eigenvalue weighted by molar-refractivity contribution is -0.132. The summed E-state index contributed by atoms with van der Waals surface area (Å²) >= 11 is 5.98. The predicted molar refractivity (Wildman–Crippen MR) is 85.1 cm³/mol. The molecular weight excluding hydrogens is 284 g/mol. The highest BCUT2D eigenvalue weighted by Crippen LogP contribution is 2.37. The van der Waals surface area contributed by atoms with Gasteiger partial charge in [0.2, 0.25) is 5.91 Å². The molecule has 3 rings (SSSR count). The fraction of sp³-hybridized carbons (Fsp3) is 0.588. The van der Waals surface area contributed by atoms with E-state index in [-0.39, 0.29) is 24.2 Å². The lowest BCUT2D eigenvalue weighted by Gasteiger charge is -2.31. The van der Waals surface area contributed by atoms with Crippen LogP contribution in [0.25, 0.3) is 0 Å². The van der Waals surface area contributed by atoms with Crippen LogP contribution < -0.4 is 5.32 Å². The monoisotopic (exact) mass is 306 g/mol. The van der Waals surface area contributed by atoms with Gasteiger partial charge in [-0.15, -0.1) is 0 Å². The molecule has 1 aromatic rings. The van der Waals surface area contributed by atoms with Gasteiger partial charge in [0, 0.05) is 11.1 Å². The van der Waals surface area contributed by atoms with Crippen LogP contribution in [-0.4, -0.2) is 22.9 Å². The number of amides is 1. The van der Waals surface area contributed by atoms with Gasteiger partial charge in [-0.3, -0.25) is 10.1 Å². The number of benzene rings is 1. The quantitative estimate of drug-likeness (QED) is 0.899. The largest absolute Gasteiger partial charge is 0.319 e. The van der Waals surface area contributed by atoms with Crippen LogP contribution in [0.2, 0.25) is 5.02 Å². The summed E-state index contributed by atoms with van der Waals surface area (Å²) in [4.78, 5) is 14.7. The molecule has 0 aromatic heterocycles. The molecule has 1 aliphatic heterocycles. The first kappa shape index (κ1) is 14.9. The second-order valence-corrected chi connectivity index (χ2v) is 6.79. The van der Waals surface area contributed by atoms with Crippen molar-refractivity contribution >= 4 is 17.5 Å². The number of carbonyl (C=O) groups excluding carboxylic acids is 1. The molecule has 21 heavy (non-hydrogen) atoms. The molecule has 3 atom stereocenters. The van der Waals surface area contributed by atoms with Gasteiger partial charge in [-0.1, -0.05) is 43.5 Å². The van der Waals surface area contributed by atoms with E-state index < -0.39 is 0 Å². The second-order valence-electron chi connectivity index (χ2n) is 6.36. The van der Waals surface area contributed by atoms with Crippen LogP contribution in [0.1, 0.15) is 51.3 Å². The SMILES string of the molecule is CCC1NC(c2ccc(Cl)cc2)N(C(C)CC2CC2)C1=O. The Morgan fingerprint density at radius 2 is 2.00 bits per heavy atom. The predicted octanol–water partition coefficient (Wildman–Crippen LogP) is 3.74. The zero-order chi connectivity index (χ0) is 15.0. The van der Waals surface area contributed by atoms with Crippen LogP contribution >= 0.6 is 11.6 Å². The Balaban J connectivity index is 1.84. The third kappa shape index (κ3) is 3.09. The number of hydrogen-bond donors (Lipinski definition) is 1. The molecule has 114 valence electrons. The van der Waals surface area contributed by atoms with Gasteiger partial charge in [0.25, 0.3) is 0 Å². The fourth-order valence-corrected chi connectivity index (χ4v) is 3.39. The van der Waals surface area contributed by atoms with E-state index in [1.54, 1.807) is 0 Å². The normalized spacial score (nSPS) is 27.2. The van der Waals surface area contributed by atoms with E-state index in [0.717, 1.165) is 29.3 Å². The number of nitrogens with zero attached hydrogens (tertiary/aromatic N) is 1. The van der Waals surface area contributed by atoms with Gasteiger partial charge in [0.05, 0.1) is 6.04 Å². The molecule has 1 N–H and O–H groups in total. The first-order valence-electron chi connectivity index (χ1n) is 7.93. The van der Waals surface area contributed by atoms with Crippen molar-refractivity contribution in [3.8, 4) is 0 Å². The molecule has 2 aliphatic rings. The van der Waals surface area contributed by atoms with E-state index in [0.29, 0.717) is 0 Å². The maximum Gasteiger partial charge on any atom is 0.241 e. The maximum absolute atomic E-state index is 12.7. The Kier molecular flexibility index (Phi) is 4.23. The van der Waals surface area contributed by atoms with E-state index in [4.69, 9.17) is 11.6 Å². The number of carbonyl (C=O) groups is 1. The van der Waals surface area contributed by atoms with Crippen LogP contribution in [0.4, 0.5) is 0 Å². The van der Waals surface area contributed by atoms with Crippen molar-refractivity contribution in [2.45, 2.75) is 57.8 Å². The topological polar surface area (TPSA) is 32.3 Å². The highest BCUT2D eigenvalue weighted by Gasteiger charge is 2.42. The highest BCUT2D eigenvalue weighted by atomic mass is 35.5. The molecule has 1 amide bonds. The molecule has 1 heterocycles. The lowest BCUT2D eigenvalue weighted by Crippen LogP contribution is -2.38. The number of rotatable bonds is 5. The van der Waals surface area contributed by atoms with Crippen molar-refractivity contribution in [1.29, 1.82) is 0 Å². The van der Waals surface area contributed by atoms with E-state index in [2.05, 4.69) is 24.1 Å². The van der Waals surface area contributed by atoms with Gasteiger partial charge in [0.15, 0.2) is 0 Å². The van der Waals surface area contributed by atoms with E-state index in [1.807, 2.05) is 24.3 Å². The van der Waals surface area contributed by atoms with Crippen molar-refractivity contribution in [1.82, 2.24) is 10.2 Å². The zero-order valence-corrected chi connectivity index (χ0v) is 13.4. The van der Waals surface area contributed by atoms with Gasteiger partial charge in [0.1, 0.15) is 6.17 Å². The molecule has 0 bridgehead atoms. The van der Waals surface area contributed by atoms with Crippen molar-refractivity contribution in [2.75, 3.05) is 0 Å². The molecule has 0 radical (unpaired) electrons. The van der Waals surface area contributed by atoms with Crippen molar-refractivity contribution in [2.24, 2.45) is 5.92 Å². The van der Waals surface area contributed by atoms with Crippen LogP contribution in [-0.2, 0) is 4.79 Å². The Morgan fingerprint density at radius 3 is 2.57 bits per heavy atom. The maximum atomic E-state index is 12.7. The van der Waals surface area contributed by atoms with Gasteiger partial charge in [-0.25, -0.2) is 0 Å². The molecule has 3 unspecified atom stereocenters. The highest BCUT2D eigenvalue weighted by molar-refractivity contribution is 6.30. The molecule has 1 aromatic carbocycles. The second kappa shape index (κ2) is 5.98. The van der Waals surface area contributed by atoms with Crippen molar-refractivity contribution in [3.05, 3.63) is 34.9 Å². The molecule has 1 saturated heterocycles. The average Bonchev–Trinajstić information content (AvgIpc) is 3.21. The van der Waals surface area contributed by atoms with E-state index in [9.17, 15) is 4.79 Å². The van der Waals surface area contributed by atoms with Gasteiger partial charge in [-0.2, -0.15) is 0 Å². The van der Waals surface area contributed by atoms with Gasteiger partial charge < -0.3 is 4.90 Å². The molecule has 1 aliphatic carbocycles. The molecule has 1 saturated carbocycles.